The van der Waals surface area contributed by atoms with E-state index in [-0.39, 0.29) is 68.4 Å². The Bertz CT molecular complexity index is 1360. The second-order valence-corrected chi connectivity index (χ2v) is 17.9. The fourth-order valence-corrected chi connectivity index (χ4v) is 13.0. The Labute approximate surface area is 254 Å². The molecule has 8 rings (SSSR count). The number of hydrogen-bond acceptors (Lipinski definition) is 3. The summed E-state index contributed by atoms with van der Waals surface area (Å²) >= 11 is 0. The van der Waals surface area contributed by atoms with Crippen LogP contribution in [0, 0.1) is 73.9 Å². The molecule has 4 saturated carbocycles. The topological polar surface area (TPSA) is 54.4 Å². The fourth-order valence-electron chi connectivity index (χ4n) is 13.0. The van der Waals surface area contributed by atoms with E-state index in [9.17, 15) is 14.7 Å². The highest BCUT2D eigenvalue weighted by atomic mass is 16.3. The summed E-state index contributed by atoms with van der Waals surface area (Å²) in [6.07, 6.45) is 13.0. The van der Waals surface area contributed by atoms with Gasteiger partial charge in [-0.1, -0.05) is 91.8 Å². The molecule has 3 heteroatoms. The Kier molecular flexibility index (Phi) is 6.01. The predicted octanol–water partition coefficient (Wildman–Crippen LogP) is 8.80. The molecule has 1 aromatic carbocycles. The van der Waals surface area contributed by atoms with Crippen molar-refractivity contribution in [2.45, 2.75) is 100 Å². The Morgan fingerprint density at radius 2 is 1.50 bits per heavy atom. The van der Waals surface area contributed by atoms with Crippen LogP contribution in [0.15, 0.2) is 36.4 Å². The first-order chi connectivity index (χ1) is 19.6. The number of carbonyl (C=O) groups excluding carboxylic acids is 2. The molecule has 0 heterocycles. The van der Waals surface area contributed by atoms with Crippen LogP contribution >= 0.6 is 0 Å². The van der Waals surface area contributed by atoms with Crippen molar-refractivity contribution in [3.05, 3.63) is 47.5 Å². The SMILES string of the molecule is C[C@H](CO)[C@H]1CC[C@@H]2[C@]1(C)CC[C@H]1[C@]23C=C[C@]2(C[C@@H](C(C)(C)C(C)(C)C)CC[C@]12C)C1C(=O)c2ccccc2C(=O)C13. The molecule has 0 aliphatic heterocycles. The van der Waals surface area contributed by atoms with Gasteiger partial charge in [0.25, 0.3) is 0 Å². The van der Waals surface area contributed by atoms with Gasteiger partial charge in [-0.2, -0.15) is 0 Å². The number of Topliss-reactive ketones (excluding diaryl/α,β-unsaturated/α-hetero) is 2. The zero-order valence-electron chi connectivity index (χ0n) is 27.4. The van der Waals surface area contributed by atoms with Crippen molar-refractivity contribution in [1.82, 2.24) is 0 Å². The summed E-state index contributed by atoms with van der Waals surface area (Å²) in [6.45, 7) is 19.5. The molecule has 228 valence electrons. The lowest BCUT2D eigenvalue weighted by molar-refractivity contribution is -0.238. The quantitative estimate of drug-likeness (QED) is 0.370. The van der Waals surface area contributed by atoms with Gasteiger partial charge < -0.3 is 5.11 Å². The number of hydrogen-bond donors (Lipinski definition) is 1. The van der Waals surface area contributed by atoms with E-state index in [1.165, 1.54) is 12.8 Å². The molecule has 2 spiro atoms. The average Bonchev–Trinajstić information content (AvgIpc) is 3.31. The van der Waals surface area contributed by atoms with Gasteiger partial charge in [-0.25, -0.2) is 0 Å². The Morgan fingerprint density at radius 3 is 2.12 bits per heavy atom. The van der Waals surface area contributed by atoms with Crippen LogP contribution in [0.3, 0.4) is 0 Å². The lowest BCUT2D eigenvalue weighted by Gasteiger charge is -2.77. The maximum atomic E-state index is 15.0. The lowest BCUT2D eigenvalue weighted by atomic mass is 9.25. The monoisotopic (exact) mass is 570 g/mol. The maximum absolute atomic E-state index is 15.0. The van der Waals surface area contributed by atoms with Gasteiger partial charge in [0.15, 0.2) is 11.6 Å². The van der Waals surface area contributed by atoms with E-state index in [0.717, 1.165) is 32.1 Å². The lowest BCUT2D eigenvalue weighted by Crippen LogP contribution is -2.75. The van der Waals surface area contributed by atoms with E-state index in [0.29, 0.717) is 34.8 Å². The highest BCUT2D eigenvalue weighted by Crippen LogP contribution is 2.83. The molecule has 2 bridgehead atoms. The Balaban J connectivity index is 1.47. The number of allylic oxidation sites excluding steroid dienone is 2. The van der Waals surface area contributed by atoms with E-state index >= 15 is 0 Å². The molecule has 1 aromatic rings. The standard InChI is InChI=1S/C39H54O3/c1-23(22-40)27-13-14-28-36(27,7)17-16-29-37(8)18-15-24(35(5,6)34(2,3)4)21-38(37)19-20-39(28,29)31-30(38)32(41)25-11-9-10-12-26(25)33(31)42/h9-12,19-20,23-24,27-31,40H,13-18,21-22H2,1-8H3/t23-,24+,27-,28-,29-,30?,31?,36-,37-,38+,39+/m1/s1. The molecular weight excluding hydrogens is 516 g/mol. The zero-order valence-corrected chi connectivity index (χ0v) is 27.4. The van der Waals surface area contributed by atoms with Crippen LogP contribution in [0.4, 0.5) is 0 Å². The third kappa shape index (κ3) is 3.13. The minimum absolute atomic E-state index is 0.00237. The normalized spacial score (nSPS) is 46.4. The zero-order chi connectivity index (χ0) is 30.3. The summed E-state index contributed by atoms with van der Waals surface area (Å²) in [7, 11) is 0. The summed E-state index contributed by atoms with van der Waals surface area (Å²) in [5.41, 5.74) is 1.09. The Hall–Kier alpha value is -1.74. The summed E-state index contributed by atoms with van der Waals surface area (Å²) in [6, 6.07) is 7.75. The minimum Gasteiger partial charge on any atom is -0.396 e. The van der Waals surface area contributed by atoms with Crippen molar-refractivity contribution in [2.24, 2.45) is 73.9 Å². The molecule has 0 aromatic heterocycles. The smallest absolute Gasteiger partial charge is 0.168 e. The van der Waals surface area contributed by atoms with Gasteiger partial charge in [-0.15, -0.1) is 0 Å². The summed E-state index contributed by atoms with van der Waals surface area (Å²) in [5.74, 6) is 1.93. The van der Waals surface area contributed by atoms with Crippen LogP contribution < -0.4 is 0 Å². The van der Waals surface area contributed by atoms with Gasteiger partial charge in [-0.05, 0) is 96.2 Å². The van der Waals surface area contributed by atoms with Crippen molar-refractivity contribution in [1.29, 1.82) is 0 Å². The average molecular weight is 571 g/mol. The van der Waals surface area contributed by atoms with E-state index in [1.807, 2.05) is 24.3 Å². The second-order valence-electron chi connectivity index (χ2n) is 17.9. The van der Waals surface area contributed by atoms with E-state index in [4.69, 9.17) is 0 Å². The Morgan fingerprint density at radius 1 is 0.857 bits per heavy atom. The third-order valence-corrected chi connectivity index (χ3v) is 16.1. The minimum atomic E-state index is -0.292. The first-order valence-corrected chi connectivity index (χ1v) is 17.1. The van der Waals surface area contributed by atoms with E-state index in [1.54, 1.807) is 0 Å². The molecule has 0 saturated heterocycles. The number of carbonyl (C=O) groups is 2. The van der Waals surface area contributed by atoms with E-state index in [2.05, 4.69) is 67.5 Å². The highest BCUT2D eigenvalue weighted by Gasteiger charge is 2.80. The van der Waals surface area contributed by atoms with Crippen LogP contribution in [-0.4, -0.2) is 23.3 Å². The van der Waals surface area contributed by atoms with Crippen LogP contribution in [0.5, 0.6) is 0 Å². The number of rotatable bonds is 3. The van der Waals surface area contributed by atoms with Crippen molar-refractivity contribution in [3.63, 3.8) is 0 Å². The summed E-state index contributed by atoms with van der Waals surface area (Å²) in [5, 5.41) is 10.3. The number of aliphatic hydroxyl groups excluding tert-OH is 1. The van der Waals surface area contributed by atoms with Crippen LogP contribution in [0.2, 0.25) is 0 Å². The largest absolute Gasteiger partial charge is 0.396 e. The number of fused-ring (bicyclic) bond motifs is 2. The van der Waals surface area contributed by atoms with Crippen molar-refractivity contribution in [2.75, 3.05) is 6.61 Å². The van der Waals surface area contributed by atoms with Gasteiger partial charge in [0.05, 0.1) is 0 Å². The van der Waals surface area contributed by atoms with Crippen molar-refractivity contribution in [3.8, 4) is 0 Å². The molecule has 42 heavy (non-hydrogen) atoms. The van der Waals surface area contributed by atoms with Gasteiger partial charge in [-0.3, -0.25) is 9.59 Å². The molecule has 4 fully saturated rings. The van der Waals surface area contributed by atoms with Crippen LogP contribution in [-0.2, 0) is 0 Å². The fraction of sp³-hybridized carbons (Fsp3) is 0.744. The highest BCUT2D eigenvalue weighted by molar-refractivity contribution is 6.17. The molecule has 2 unspecified atom stereocenters. The molecule has 0 radical (unpaired) electrons. The van der Waals surface area contributed by atoms with Crippen molar-refractivity contribution < 1.29 is 14.7 Å². The first-order valence-electron chi connectivity index (χ1n) is 17.1. The number of benzene rings is 1. The van der Waals surface area contributed by atoms with E-state index < -0.39 is 0 Å². The molecule has 11 atom stereocenters. The predicted molar refractivity (Wildman–Crippen MR) is 168 cm³/mol. The molecular formula is C39H54O3. The first kappa shape index (κ1) is 29.0. The number of aliphatic hydroxyl groups is 1. The molecule has 7 aliphatic carbocycles. The summed E-state index contributed by atoms with van der Waals surface area (Å²) in [4.78, 5) is 30.0. The van der Waals surface area contributed by atoms with Crippen molar-refractivity contribution >= 4 is 11.6 Å². The van der Waals surface area contributed by atoms with Gasteiger partial charge in [0.2, 0.25) is 0 Å². The van der Waals surface area contributed by atoms with Gasteiger partial charge >= 0.3 is 0 Å². The maximum Gasteiger partial charge on any atom is 0.168 e. The van der Waals surface area contributed by atoms with Gasteiger partial charge in [0, 0.05) is 40.4 Å². The summed E-state index contributed by atoms with van der Waals surface area (Å²) < 4.78 is 0. The number of ketones is 2. The molecule has 7 aliphatic rings. The van der Waals surface area contributed by atoms with Crippen LogP contribution in [0.1, 0.15) is 121 Å². The second kappa shape index (κ2) is 8.70. The van der Waals surface area contributed by atoms with Gasteiger partial charge in [0.1, 0.15) is 0 Å². The molecule has 3 nitrogen and oxygen atoms in total. The van der Waals surface area contributed by atoms with Crippen LogP contribution in [0.25, 0.3) is 0 Å². The third-order valence-electron chi connectivity index (χ3n) is 16.1. The molecule has 1 N–H and O–H groups in total. The molecule has 0 amide bonds.